The highest BCUT2D eigenvalue weighted by Crippen LogP contribution is 2.35. The number of allylic oxidation sites excluding steroid dienone is 1. The molecule has 1 aliphatic rings. The molecule has 146 valence electrons. The molecule has 1 aliphatic heterocycles. The van der Waals surface area contributed by atoms with Gasteiger partial charge in [0.15, 0.2) is 0 Å². The van der Waals surface area contributed by atoms with E-state index in [2.05, 4.69) is 15.3 Å². The first-order chi connectivity index (χ1) is 13.2. The average Bonchev–Trinajstić information content (AvgIpc) is 2.62. The molecule has 2 aromatic rings. The Morgan fingerprint density at radius 3 is 2.79 bits per heavy atom. The number of benzene rings is 1. The van der Waals surface area contributed by atoms with E-state index in [1.165, 1.54) is 30.5 Å². The van der Waals surface area contributed by atoms with Gasteiger partial charge in [-0.2, -0.15) is 0 Å². The van der Waals surface area contributed by atoms with Crippen molar-refractivity contribution in [1.82, 2.24) is 4.98 Å². The molecule has 1 aromatic carbocycles. The van der Waals surface area contributed by atoms with Crippen LogP contribution in [0.3, 0.4) is 0 Å². The predicted molar refractivity (Wildman–Crippen MR) is 103 cm³/mol. The number of nitrogens with two attached hydrogens (primary N) is 1. The van der Waals surface area contributed by atoms with Crippen LogP contribution in [0.2, 0.25) is 10.0 Å². The van der Waals surface area contributed by atoms with Crippen molar-refractivity contribution < 1.29 is 18.3 Å². The average molecular weight is 427 g/mol. The fourth-order valence-corrected chi connectivity index (χ4v) is 3.19. The molecule has 28 heavy (non-hydrogen) atoms. The summed E-state index contributed by atoms with van der Waals surface area (Å²) in [6.45, 7) is 0.615. The van der Waals surface area contributed by atoms with Crippen LogP contribution < -0.4 is 11.1 Å². The number of ether oxygens (including phenoxy) is 1. The van der Waals surface area contributed by atoms with E-state index >= 15 is 0 Å². The van der Waals surface area contributed by atoms with Gasteiger partial charge in [-0.05, 0) is 37.3 Å². The minimum absolute atomic E-state index is 0.0453. The number of amides is 1. The number of anilines is 1. The number of carbonyl (C=O) groups excluding carboxylic acids is 1. The van der Waals surface area contributed by atoms with Crippen molar-refractivity contribution >= 4 is 40.8 Å². The molecular formula is C18H14Cl2F2N4O2. The standard InChI is InChI=1S/C18H14Cl2F2N4O2/c1-18(6-11(7-21)28-17(23)26-18)12-5-10(2-3-14(12)22)25-16(27)15-13(20)4-9(19)8-24-15/h2-6,8H,7H2,1H3,(H2,23,26)(H,25,27)/t18-/m0/s1. The summed E-state index contributed by atoms with van der Waals surface area (Å²) < 4.78 is 32.5. The van der Waals surface area contributed by atoms with Crippen LogP contribution >= 0.6 is 23.2 Å². The molecule has 0 bridgehead atoms. The first-order valence-electron chi connectivity index (χ1n) is 7.95. The van der Waals surface area contributed by atoms with Crippen molar-refractivity contribution in [3.05, 3.63) is 69.4 Å². The van der Waals surface area contributed by atoms with Crippen LogP contribution in [0.4, 0.5) is 14.5 Å². The molecule has 0 fully saturated rings. The maximum absolute atomic E-state index is 14.5. The first kappa shape index (κ1) is 20.0. The summed E-state index contributed by atoms with van der Waals surface area (Å²) in [5.41, 5.74) is 4.54. The van der Waals surface area contributed by atoms with Gasteiger partial charge in [0.05, 0.1) is 10.0 Å². The number of nitrogens with zero attached hydrogens (tertiary/aromatic N) is 2. The number of rotatable bonds is 4. The minimum Gasteiger partial charge on any atom is -0.428 e. The normalized spacial score (nSPS) is 18.8. The molecule has 0 aliphatic carbocycles. The van der Waals surface area contributed by atoms with Crippen LogP contribution in [0.5, 0.6) is 0 Å². The number of halogens is 4. The Labute approximate surface area is 169 Å². The Morgan fingerprint density at radius 1 is 1.36 bits per heavy atom. The molecule has 0 unspecified atom stereocenters. The Kier molecular flexibility index (Phi) is 5.53. The number of amidine groups is 1. The third-order valence-corrected chi connectivity index (χ3v) is 4.44. The first-order valence-corrected chi connectivity index (χ1v) is 8.71. The van der Waals surface area contributed by atoms with E-state index in [0.717, 1.165) is 6.07 Å². The summed E-state index contributed by atoms with van der Waals surface area (Å²) in [4.78, 5) is 20.4. The van der Waals surface area contributed by atoms with E-state index in [9.17, 15) is 13.6 Å². The summed E-state index contributed by atoms with van der Waals surface area (Å²) in [7, 11) is 0. The van der Waals surface area contributed by atoms with Gasteiger partial charge in [-0.1, -0.05) is 23.2 Å². The van der Waals surface area contributed by atoms with Crippen LogP contribution in [0, 0.1) is 5.82 Å². The van der Waals surface area contributed by atoms with E-state index < -0.39 is 23.9 Å². The van der Waals surface area contributed by atoms with Gasteiger partial charge >= 0.3 is 0 Å². The topological polar surface area (TPSA) is 89.6 Å². The molecular weight excluding hydrogens is 413 g/mol. The Hall–Kier alpha value is -2.71. The number of nitrogens with one attached hydrogen (secondary N) is 1. The van der Waals surface area contributed by atoms with Gasteiger partial charge in [-0.25, -0.2) is 18.8 Å². The zero-order valence-corrected chi connectivity index (χ0v) is 16.0. The molecule has 0 saturated heterocycles. The van der Waals surface area contributed by atoms with Gasteiger partial charge in [0.25, 0.3) is 11.9 Å². The van der Waals surface area contributed by atoms with Gasteiger partial charge in [0, 0.05) is 17.4 Å². The van der Waals surface area contributed by atoms with E-state index in [4.69, 9.17) is 33.7 Å². The van der Waals surface area contributed by atoms with Crippen molar-refractivity contribution in [3.63, 3.8) is 0 Å². The number of hydrogen-bond acceptors (Lipinski definition) is 5. The number of aliphatic imine (C=N–C) groups is 1. The molecule has 0 saturated carbocycles. The van der Waals surface area contributed by atoms with E-state index in [1.54, 1.807) is 6.92 Å². The monoisotopic (exact) mass is 426 g/mol. The van der Waals surface area contributed by atoms with E-state index in [0.29, 0.717) is 0 Å². The maximum atomic E-state index is 14.5. The Bertz CT molecular complexity index is 1010. The maximum Gasteiger partial charge on any atom is 0.288 e. The van der Waals surface area contributed by atoms with E-state index in [1.807, 2.05) is 0 Å². The predicted octanol–water partition coefficient (Wildman–Crippen LogP) is 4.19. The summed E-state index contributed by atoms with van der Waals surface area (Å²) in [6.07, 6.45) is 2.60. The lowest BCUT2D eigenvalue weighted by Crippen LogP contribution is -2.31. The molecule has 3 rings (SSSR count). The second-order valence-corrected chi connectivity index (χ2v) is 6.92. The van der Waals surface area contributed by atoms with Crippen LogP contribution in [-0.4, -0.2) is 23.6 Å². The zero-order valence-electron chi connectivity index (χ0n) is 14.5. The minimum atomic E-state index is -1.31. The van der Waals surface area contributed by atoms with Crippen molar-refractivity contribution in [2.45, 2.75) is 12.5 Å². The molecule has 2 heterocycles. The van der Waals surface area contributed by atoms with Crippen molar-refractivity contribution in [3.8, 4) is 0 Å². The van der Waals surface area contributed by atoms with Crippen molar-refractivity contribution in [2.75, 3.05) is 12.0 Å². The SMILES string of the molecule is C[C@@]1(c2cc(NC(=O)c3ncc(Cl)cc3Cl)ccc2F)C=C(CF)OC(N)=N1. The fourth-order valence-electron chi connectivity index (χ4n) is 2.73. The van der Waals surface area contributed by atoms with Crippen LogP contribution in [0.15, 0.2) is 47.3 Å². The number of alkyl halides is 1. The zero-order chi connectivity index (χ0) is 20.5. The number of aromatic nitrogens is 1. The van der Waals surface area contributed by atoms with Gasteiger partial charge in [0.2, 0.25) is 0 Å². The Balaban J connectivity index is 1.95. The van der Waals surface area contributed by atoms with Gasteiger partial charge in [0.1, 0.15) is 29.5 Å². The summed E-state index contributed by atoms with van der Waals surface area (Å²) in [5.74, 6) is -1.31. The molecule has 10 heteroatoms. The third-order valence-electron chi connectivity index (χ3n) is 3.94. The molecule has 1 amide bonds. The quantitative estimate of drug-likeness (QED) is 0.766. The summed E-state index contributed by atoms with van der Waals surface area (Å²) >= 11 is 11.8. The van der Waals surface area contributed by atoms with Gasteiger partial charge in [-0.15, -0.1) is 0 Å². The third kappa shape index (κ3) is 4.07. The van der Waals surface area contributed by atoms with Crippen LogP contribution in [0.25, 0.3) is 0 Å². The molecule has 6 nitrogen and oxygen atoms in total. The van der Waals surface area contributed by atoms with E-state index in [-0.39, 0.29) is 38.8 Å². The molecule has 0 radical (unpaired) electrons. The second kappa shape index (κ2) is 7.73. The molecule has 0 spiro atoms. The Morgan fingerprint density at radius 2 is 2.11 bits per heavy atom. The molecule has 1 aromatic heterocycles. The van der Waals surface area contributed by atoms with Gasteiger partial charge < -0.3 is 15.8 Å². The lowest BCUT2D eigenvalue weighted by molar-refractivity contribution is 0.102. The summed E-state index contributed by atoms with van der Waals surface area (Å²) in [5, 5.41) is 2.93. The van der Waals surface area contributed by atoms with Gasteiger partial charge in [-0.3, -0.25) is 4.79 Å². The lowest BCUT2D eigenvalue weighted by atomic mass is 9.90. The van der Waals surface area contributed by atoms with Crippen molar-refractivity contribution in [2.24, 2.45) is 10.7 Å². The largest absolute Gasteiger partial charge is 0.428 e. The highest BCUT2D eigenvalue weighted by atomic mass is 35.5. The lowest BCUT2D eigenvalue weighted by Gasteiger charge is -2.28. The van der Waals surface area contributed by atoms with Crippen LogP contribution in [0.1, 0.15) is 23.0 Å². The highest BCUT2D eigenvalue weighted by molar-refractivity contribution is 6.36. The smallest absolute Gasteiger partial charge is 0.288 e. The molecule has 1 atom stereocenters. The second-order valence-electron chi connectivity index (χ2n) is 6.08. The van der Waals surface area contributed by atoms with Crippen molar-refractivity contribution in [1.29, 1.82) is 0 Å². The fraction of sp³-hybridized carbons (Fsp3) is 0.167. The molecule has 3 N–H and O–H groups in total. The highest BCUT2D eigenvalue weighted by Gasteiger charge is 2.32. The van der Waals surface area contributed by atoms with Crippen LogP contribution in [-0.2, 0) is 10.3 Å². The summed E-state index contributed by atoms with van der Waals surface area (Å²) in [6, 6.07) is 4.97. The number of carbonyl (C=O) groups is 1. The number of pyridine rings is 1. The number of hydrogen-bond donors (Lipinski definition) is 2.